The number of nitrogens with two attached hydrogens (primary N) is 2. The molecule has 0 aliphatic carbocycles. The first-order valence-corrected chi connectivity index (χ1v) is 10.7. The Morgan fingerprint density at radius 2 is 1.77 bits per heavy atom. The third-order valence-electron chi connectivity index (χ3n) is 5.40. The second-order valence-electron chi connectivity index (χ2n) is 8.10. The van der Waals surface area contributed by atoms with E-state index in [4.69, 9.17) is 11.5 Å². The number of rotatable bonds is 7. The van der Waals surface area contributed by atoms with E-state index < -0.39 is 17.6 Å². The molecule has 1 aromatic heterocycles. The molecule has 0 fully saturated rings. The van der Waals surface area contributed by atoms with Crippen LogP contribution < -0.4 is 27.0 Å². The first-order chi connectivity index (χ1) is 16.7. The molecular formula is C25H24FN7O2. The number of halogens is 1. The molecule has 6 N–H and O–H groups in total. The number of aromatic nitrogens is 2. The van der Waals surface area contributed by atoms with Crippen LogP contribution in [0.1, 0.15) is 26.3 Å². The molecule has 1 heterocycles. The average molecular weight is 474 g/mol. The highest BCUT2D eigenvalue weighted by Crippen LogP contribution is 2.25. The standard InChI is InChI=1S/C25H24FN7O2/c1-33(2)17-6-8-20(19(27)11-17)32-25(35)15-3-4-16(18(26)9-15)12-30-23-13-29-21-7-5-14(24(28)34)10-22(21)31-23/h3-11,13H,12,27H2,1-2H3,(H2,28,34)(H,30,31)(H,32,35). The van der Waals surface area contributed by atoms with Crippen molar-refractivity contribution in [3.63, 3.8) is 0 Å². The summed E-state index contributed by atoms with van der Waals surface area (Å²) >= 11 is 0. The number of hydrogen-bond acceptors (Lipinski definition) is 7. The molecule has 0 bridgehead atoms. The van der Waals surface area contributed by atoms with Gasteiger partial charge in [-0.3, -0.25) is 14.6 Å². The van der Waals surface area contributed by atoms with E-state index in [1.165, 1.54) is 24.4 Å². The minimum atomic E-state index is -0.563. The summed E-state index contributed by atoms with van der Waals surface area (Å²) in [4.78, 5) is 34.6. The molecule has 0 saturated carbocycles. The summed E-state index contributed by atoms with van der Waals surface area (Å²) in [5.74, 6) is -1.19. The molecule has 0 radical (unpaired) electrons. The molecule has 4 aromatic rings. The topological polar surface area (TPSA) is 139 Å². The Hall–Kier alpha value is -4.73. The van der Waals surface area contributed by atoms with Gasteiger partial charge in [0.1, 0.15) is 11.6 Å². The Kier molecular flexibility index (Phi) is 6.45. The smallest absolute Gasteiger partial charge is 0.255 e. The van der Waals surface area contributed by atoms with Crippen LogP contribution in [0.4, 0.5) is 27.3 Å². The first-order valence-electron chi connectivity index (χ1n) is 10.7. The number of amides is 2. The van der Waals surface area contributed by atoms with Crippen molar-refractivity contribution in [1.29, 1.82) is 0 Å². The minimum Gasteiger partial charge on any atom is -0.397 e. The number of nitrogens with one attached hydrogen (secondary N) is 2. The van der Waals surface area contributed by atoms with Crippen LogP contribution in [0.25, 0.3) is 11.0 Å². The van der Waals surface area contributed by atoms with E-state index in [0.717, 1.165) is 5.69 Å². The van der Waals surface area contributed by atoms with E-state index in [1.54, 1.807) is 30.3 Å². The lowest BCUT2D eigenvalue weighted by Gasteiger charge is -2.15. The maximum atomic E-state index is 14.7. The van der Waals surface area contributed by atoms with Gasteiger partial charge in [-0.15, -0.1) is 0 Å². The van der Waals surface area contributed by atoms with Crippen LogP contribution in [0.2, 0.25) is 0 Å². The van der Waals surface area contributed by atoms with Crippen LogP contribution in [0.5, 0.6) is 0 Å². The van der Waals surface area contributed by atoms with Gasteiger partial charge in [0.2, 0.25) is 5.91 Å². The predicted octanol–water partition coefficient (Wildman–Crippen LogP) is 3.38. The molecule has 0 saturated heterocycles. The molecule has 35 heavy (non-hydrogen) atoms. The van der Waals surface area contributed by atoms with E-state index in [1.807, 2.05) is 25.1 Å². The Morgan fingerprint density at radius 3 is 2.46 bits per heavy atom. The van der Waals surface area contributed by atoms with Gasteiger partial charge in [-0.1, -0.05) is 6.07 Å². The fourth-order valence-electron chi connectivity index (χ4n) is 3.40. The molecule has 0 atom stereocenters. The average Bonchev–Trinajstić information content (AvgIpc) is 2.83. The van der Waals surface area contributed by atoms with E-state index in [-0.39, 0.29) is 12.1 Å². The van der Waals surface area contributed by atoms with Gasteiger partial charge >= 0.3 is 0 Å². The van der Waals surface area contributed by atoms with Gasteiger partial charge in [0.25, 0.3) is 5.91 Å². The molecule has 178 valence electrons. The molecule has 9 nitrogen and oxygen atoms in total. The zero-order valence-corrected chi connectivity index (χ0v) is 19.2. The maximum Gasteiger partial charge on any atom is 0.255 e. The third kappa shape index (κ3) is 5.27. The molecule has 3 aromatic carbocycles. The Bertz CT molecular complexity index is 1440. The van der Waals surface area contributed by atoms with Gasteiger partial charge in [-0.05, 0) is 48.5 Å². The number of carbonyl (C=O) groups excluding carboxylic acids is 2. The quantitative estimate of drug-likeness (QED) is 0.302. The van der Waals surface area contributed by atoms with Crippen LogP contribution in [-0.4, -0.2) is 35.9 Å². The highest BCUT2D eigenvalue weighted by Gasteiger charge is 2.13. The van der Waals surface area contributed by atoms with Crippen LogP contribution in [0, 0.1) is 5.82 Å². The Balaban J connectivity index is 1.44. The number of primary amides is 1. The van der Waals surface area contributed by atoms with Gasteiger partial charge in [-0.25, -0.2) is 9.37 Å². The SMILES string of the molecule is CN(C)c1ccc(NC(=O)c2ccc(CNc3cnc4ccc(C(N)=O)cc4n3)c(F)c2)c(N)c1. The maximum absolute atomic E-state index is 14.7. The summed E-state index contributed by atoms with van der Waals surface area (Å²) in [5.41, 5.74) is 15.0. The molecule has 0 aliphatic heterocycles. The number of fused-ring (bicyclic) bond motifs is 1. The van der Waals surface area contributed by atoms with Crippen molar-refractivity contribution in [2.45, 2.75) is 6.54 Å². The van der Waals surface area contributed by atoms with Gasteiger partial charge in [0, 0.05) is 43.0 Å². The fourth-order valence-corrected chi connectivity index (χ4v) is 3.40. The second-order valence-corrected chi connectivity index (χ2v) is 8.10. The number of nitrogens with zero attached hydrogens (tertiary/aromatic N) is 3. The third-order valence-corrected chi connectivity index (χ3v) is 5.40. The van der Waals surface area contributed by atoms with Crippen molar-refractivity contribution in [2.24, 2.45) is 5.73 Å². The lowest BCUT2D eigenvalue weighted by atomic mass is 10.1. The number of nitrogen functional groups attached to an aromatic ring is 1. The summed E-state index contributed by atoms with van der Waals surface area (Å²) < 4.78 is 14.7. The normalized spacial score (nSPS) is 10.7. The highest BCUT2D eigenvalue weighted by atomic mass is 19.1. The number of hydrogen-bond donors (Lipinski definition) is 4. The summed E-state index contributed by atoms with van der Waals surface area (Å²) in [6.07, 6.45) is 1.51. The number of carbonyl (C=O) groups is 2. The van der Waals surface area contributed by atoms with Gasteiger partial charge in [0.05, 0.1) is 28.6 Å². The van der Waals surface area contributed by atoms with E-state index in [0.29, 0.717) is 39.4 Å². The largest absolute Gasteiger partial charge is 0.397 e. The molecule has 2 amide bonds. The van der Waals surface area contributed by atoms with Crippen LogP contribution in [-0.2, 0) is 6.54 Å². The molecule has 0 aliphatic rings. The van der Waals surface area contributed by atoms with Gasteiger partial charge in [0.15, 0.2) is 0 Å². The monoisotopic (exact) mass is 473 g/mol. The lowest BCUT2D eigenvalue weighted by molar-refractivity contribution is 0.0997. The Labute approximate surface area is 201 Å². The summed E-state index contributed by atoms with van der Waals surface area (Å²) in [6, 6.07) is 14.3. The van der Waals surface area contributed by atoms with Gasteiger partial charge in [-0.2, -0.15) is 0 Å². The second kappa shape index (κ2) is 9.64. The number of anilines is 4. The molecule has 4 rings (SSSR count). The molecule has 0 spiro atoms. The number of benzene rings is 3. The molecule has 10 heteroatoms. The van der Waals surface area contributed by atoms with Crippen molar-refractivity contribution in [2.75, 3.05) is 35.4 Å². The predicted molar refractivity (Wildman–Crippen MR) is 135 cm³/mol. The van der Waals surface area contributed by atoms with Crippen LogP contribution in [0.3, 0.4) is 0 Å². The summed E-state index contributed by atoms with van der Waals surface area (Å²) in [5, 5.41) is 5.71. The van der Waals surface area contributed by atoms with Crippen LogP contribution in [0.15, 0.2) is 60.8 Å². The summed E-state index contributed by atoms with van der Waals surface area (Å²) in [7, 11) is 3.77. The Morgan fingerprint density at radius 1 is 1.00 bits per heavy atom. The van der Waals surface area contributed by atoms with Crippen molar-refractivity contribution in [3.8, 4) is 0 Å². The van der Waals surface area contributed by atoms with Gasteiger partial charge < -0.3 is 27.0 Å². The van der Waals surface area contributed by atoms with Crippen LogP contribution >= 0.6 is 0 Å². The minimum absolute atomic E-state index is 0.113. The van der Waals surface area contributed by atoms with E-state index in [2.05, 4.69) is 20.6 Å². The zero-order valence-electron chi connectivity index (χ0n) is 19.2. The fraction of sp³-hybridized carbons (Fsp3) is 0.120. The van der Waals surface area contributed by atoms with Crippen molar-refractivity contribution < 1.29 is 14.0 Å². The zero-order chi connectivity index (χ0) is 25.1. The molecular weight excluding hydrogens is 449 g/mol. The lowest BCUT2D eigenvalue weighted by Crippen LogP contribution is -2.15. The van der Waals surface area contributed by atoms with E-state index in [9.17, 15) is 14.0 Å². The van der Waals surface area contributed by atoms with Crippen molar-refractivity contribution >= 4 is 45.7 Å². The molecule has 0 unspecified atom stereocenters. The summed E-state index contributed by atoms with van der Waals surface area (Å²) in [6.45, 7) is 0.113. The van der Waals surface area contributed by atoms with Crippen molar-refractivity contribution in [3.05, 3.63) is 83.3 Å². The first kappa shape index (κ1) is 23.4. The van der Waals surface area contributed by atoms with Crippen molar-refractivity contribution in [1.82, 2.24) is 9.97 Å². The van der Waals surface area contributed by atoms with E-state index >= 15 is 0 Å². The highest BCUT2D eigenvalue weighted by molar-refractivity contribution is 6.06.